The molecule has 5 nitrogen and oxygen atoms in total. The quantitative estimate of drug-likeness (QED) is 0.524. The lowest BCUT2D eigenvalue weighted by Gasteiger charge is -2.32. The fourth-order valence-electron chi connectivity index (χ4n) is 4.29. The lowest BCUT2D eigenvalue weighted by atomic mass is 9.91. The number of benzene rings is 3. The molecular formula is C26H27ClN2O3S. The third kappa shape index (κ3) is 5.46. The maximum absolute atomic E-state index is 13.9. The summed E-state index contributed by atoms with van der Waals surface area (Å²) in [6.45, 7) is 0.710. The van der Waals surface area contributed by atoms with Crippen molar-refractivity contribution in [2.24, 2.45) is 0 Å². The summed E-state index contributed by atoms with van der Waals surface area (Å²) in [5.41, 5.74) is 1.99. The number of nitrogens with one attached hydrogen (secondary N) is 1. The maximum Gasteiger partial charge on any atom is 0.243 e. The van der Waals surface area contributed by atoms with Crippen LogP contribution in [-0.2, 0) is 14.8 Å². The summed E-state index contributed by atoms with van der Waals surface area (Å²) in [6.07, 6.45) is 2.09. The van der Waals surface area contributed by atoms with Crippen molar-refractivity contribution < 1.29 is 13.2 Å². The summed E-state index contributed by atoms with van der Waals surface area (Å²) in [5.74, 6) is -0.476. The van der Waals surface area contributed by atoms with E-state index in [1.807, 2.05) is 60.7 Å². The van der Waals surface area contributed by atoms with E-state index in [0.717, 1.165) is 24.0 Å². The Bertz CT molecular complexity index is 1130. The van der Waals surface area contributed by atoms with Crippen LogP contribution < -0.4 is 5.32 Å². The smallest absolute Gasteiger partial charge is 0.243 e. The van der Waals surface area contributed by atoms with Crippen molar-refractivity contribution in [3.8, 4) is 0 Å². The second-order valence-corrected chi connectivity index (χ2v) is 10.5. The number of amides is 1. The van der Waals surface area contributed by atoms with Crippen molar-refractivity contribution in [2.75, 3.05) is 13.1 Å². The standard InChI is InChI=1S/C26H27ClN2O3S/c27-22-14-16-23(17-15-22)33(31,32)29(25-13-7-8-18-28-26(25)30)19-24(20-9-3-1-4-10-20)21-11-5-2-6-12-21/h1-6,9-12,14-17,24-25H,7-8,13,18-19H2,(H,28,30). The Morgan fingerprint density at radius 1 is 0.879 bits per heavy atom. The number of sulfonamides is 1. The molecule has 33 heavy (non-hydrogen) atoms. The third-order valence-corrected chi connectivity index (χ3v) is 8.18. The van der Waals surface area contributed by atoms with Gasteiger partial charge >= 0.3 is 0 Å². The molecule has 0 radical (unpaired) electrons. The highest BCUT2D eigenvalue weighted by Gasteiger charge is 2.38. The van der Waals surface area contributed by atoms with E-state index in [4.69, 9.17) is 11.6 Å². The zero-order valence-electron chi connectivity index (χ0n) is 18.2. The highest BCUT2D eigenvalue weighted by molar-refractivity contribution is 7.89. The van der Waals surface area contributed by atoms with Crippen LogP contribution in [0, 0.1) is 0 Å². The molecule has 0 aliphatic carbocycles. The summed E-state index contributed by atoms with van der Waals surface area (Å²) in [6, 6.07) is 25.0. The fraction of sp³-hybridized carbons (Fsp3) is 0.269. The molecule has 1 atom stereocenters. The normalized spacial score (nSPS) is 17.1. The molecule has 1 aliphatic rings. The van der Waals surface area contributed by atoms with E-state index < -0.39 is 16.1 Å². The lowest BCUT2D eigenvalue weighted by Crippen LogP contribution is -2.50. The molecule has 172 valence electrons. The summed E-state index contributed by atoms with van der Waals surface area (Å²) in [4.78, 5) is 13.1. The molecule has 0 spiro atoms. The van der Waals surface area contributed by atoms with E-state index in [1.54, 1.807) is 12.1 Å². The van der Waals surface area contributed by atoms with E-state index in [1.165, 1.54) is 16.4 Å². The molecular weight excluding hydrogens is 456 g/mol. The summed E-state index contributed by atoms with van der Waals surface area (Å²) >= 11 is 6.01. The van der Waals surface area contributed by atoms with Gasteiger partial charge in [-0.3, -0.25) is 4.79 Å². The van der Waals surface area contributed by atoms with Gasteiger partial charge < -0.3 is 5.32 Å². The van der Waals surface area contributed by atoms with Gasteiger partial charge in [0, 0.05) is 24.0 Å². The fourth-order valence-corrected chi connectivity index (χ4v) is 6.04. The van der Waals surface area contributed by atoms with Gasteiger partial charge in [0.25, 0.3) is 0 Å². The van der Waals surface area contributed by atoms with Crippen LogP contribution >= 0.6 is 11.6 Å². The number of carbonyl (C=O) groups excluding carboxylic acids is 1. The first-order chi connectivity index (χ1) is 16.0. The van der Waals surface area contributed by atoms with E-state index in [0.29, 0.717) is 18.0 Å². The maximum atomic E-state index is 13.9. The summed E-state index contributed by atoms with van der Waals surface area (Å²) < 4.78 is 29.2. The van der Waals surface area contributed by atoms with Gasteiger partial charge in [-0.25, -0.2) is 8.42 Å². The number of halogens is 1. The van der Waals surface area contributed by atoms with Gasteiger partial charge in [-0.2, -0.15) is 4.31 Å². The number of nitrogens with zero attached hydrogens (tertiary/aromatic N) is 1. The molecule has 3 aromatic carbocycles. The average molecular weight is 483 g/mol. The van der Waals surface area contributed by atoms with E-state index in [2.05, 4.69) is 5.32 Å². The van der Waals surface area contributed by atoms with Crippen LogP contribution in [0.5, 0.6) is 0 Å². The Hall–Kier alpha value is -2.67. The van der Waals surface area contributed by atoms with Crippen LogP contribution in [0.15, 0.2) is 89.8 Å². The van der Waals surface area contributed by atoms with Gasteiger partial charge in [-0.05, 0) is 54.7 Å². The van der Waals surface area contributed by atoms with E-state index in [-0.39, 0.29) is 23.3 Å². The number of hydrogen-bond donors (Lipinski definition) is 1. The van der Waals surface area contributed by atoms with Gasteiger partial charge in [0.15, 0.2) is 0 Å². The molecule has 4 rings (SSSR count). The molecule has 3 aromatic rings. The minimum absolute atomic E-state index is 0.129. The van der Waals surface area contributed by atoms with E-state index >= 15 is 0 Å². The van der Waals surface area contributed by atoms with Crippen LogP contribution in [-0.4, -0.2) is 37.8 Å². The van der Waals surface area contributed by atoms with Crippen molar-refractivity contribution in [1.29, 1.82) is 0 Å². The second kappa shape index (κ2) is 10.5. The molecule has 1 N–H and O–H groups in total. The van der Waals surface area contributed by atoms with Crippen molar-refractivity contribution >= 4 is 27.5 Å². The van der Waals surface area contributed by atoms with Gasteiger partial charge in [-0.1, -0.05) is 72.3 Å². The van der Waals surface area contributed by atoms with Gasteiger partial charge in [0.2, 0.25) is 15.9 Å². The highest BCUT2D eigenvalue weighted by Crippen LogP contribution is 2.31. The average Bonchev–Trinajstić information content (AvgIpc) is 3.05. The number of rotatable bonds is 7. The molecule has 1 saturated heterocycles. The molecule has 0 bridgehead atoms. The first-order valence-electron chi connectivity index (χ1n) is 11.1. The van der Waals surface area contributed by atoms with Crippen molar-refractivity contribution in [1.82, 2.24) is 9.62 Å². The summed E-state index contributed by atoms with van der Waals surface area (Å²) in [7, 11) is -3.96. The minimum Gasteiger partial charge on any atom is -0.355 e. The zero-order chi connectivity index (χ0) is 23.3. The molecule has 1 aliphatic heterocycles. The number of hydrogen-bond acceptors (Lipinski definition) is 3. The van der Waals surface area contributed by atoms with Crippen LogP contribution in [0.25, 0.3) is 0 Å². The van der Waals surface area contributed by atoms with E-state index in [9.17, 15) is 13.2 Å². The Morgan fingerprint density at radius 2 is 1.45 bits per heavy atom. The highest BCUT2D eigenvalue weighted by atomic mass is 35.5. The van der Waals surface area contributed by atoms with Crippen LogP contribution in [0.1, 0.15) is 36.3 Å². The third-order valence-electron chi connectivity index (χ3n) is 6.04. The SMILES string of the molecule is O=C1NCCCCC1N(CC(c1ccccc1)c1ccccc1)S(=O)(=O)c1ccc(Cl)cc1. The number of carbonyl (C=O) groups is 1. The Morgan fingerprint density at radius 3 is 2.03 bits per heavy atom. The molecule has 1 heterocycles. The summed E-state index contributed by atoms with van der Waals surface area (Å²) in [5, 5.41) is 3.35. The lowest BCUT2D eigenvalue weighted by molar-refractivity contribution is -0.124. The second-order valence-electron chi connectivity index (χ2n) is 8.21. The first-order valence-corrected chi connectivity index (χ1v) is 12.9. The van der Waals surface area contributed by atoms with Crippen molar-refractivity contribution in [3.05, 3.63) is 101 Å². The van der Waals surface area contributed by atoms with Crippen molar-refractivity contribution in [2.45, 2.75) is 36.1 Å². The Kier molecular flexibility index (Phi) is 7.48. The molecule has 0 aromatic heterocycles. The minimum atomic E-state index is -3.96. The van der Waals surface area contributed by atoms with Crippen molar-refractivity contribution in [3.63, 3.8) is 0 Å². The molecule has 1 fully saturated rings. The van der Waals surface area contributed by atoms with Crippen LogP contribution in [0.3, 0.4) is 0 Å². The van der Waals surface area contributed by atoms with Gasteiger partial charge in [-0.15, -0.1) is 0 Å². The van der Waals surface area contributed by atoms with Gasteiger partial charge in [0.1, 0.15) is 6.04 Å². The molecule has 1 unspecified atom stereocenters. The van der Waals surface area contributed by atoms with Crippen LogP contribution in [0.4, 0.5) is 0 Å². The largest absolute Gasteiger partial charge is 0.355 e. The first kappa shape index (κ1) is 23.5. The monoisotopic (exact) mass is 482 g/mol. The predicted molar refractivity (Wildman–Crippen MR) is 131 cm³/mol. The Labute approximate surface area is 200 Å². The van der Waals surface area contributed by atoms with Gasteiger partial charge in [0.05, 0.1) is 4.90 Å². The predicted octanol–water partition coefficient (Wildman–Crippen LogP) is 4.83. The molecule has 0 saturated carbocycles. The molecule has 7 heteroatoms. The molecule has 1 amide bonds. The Balaban J connectivity index is 1.80. The van der Waals surface area contributed by atoms with Crippen LogP contribution in [0.2, 0.25) is 5.02 Å². The topological polar surface area (TPSA) is 66.5 Å². The zero-order valence-corrected chi connectivity index (χ0v) is 19.8.